The van der Waals surface area contributed by atoms with Gasteiger partial charge in [-0.15, -0.1) is 0 Å². The fraction of sp³-hybridized carbons (Fsp3) is 0.250. The summed E-state index contributed by atoms with van der Waals surface area (Å²) in [6, 6.07) is 11.8. The lowest BCUT2D eigenvalue weighted by atomic mass is 10.2. The number of hydrogen-bond donors (Lipinski definition) is 0. The van der Waals surface area contributed by atoms with Crippen molar-refractivity contribution in [1.29, 1.82) is 0 Å². The molecule has 3 aromatic rings. The summed E-state index contributed by atoms with van der Waals surface area (Å²) in [6.45, 7) is 3.14. The second-order valence-corrected chi connectivity index (χ2v) is 6.48. The van der Waals surface area contributed by atoms with Crippen LogP contribution in [0.4, 0.5) is 5.69 Å². The molecule has 0 spiro atoms. The maximum absolute atomic E-state index is 6.01. The minimum Gasteiger partial charge on any atom is -0.455 e. The van der Waals surface area contributed by atoms with Crippen LogP contribution in [0.25, 0.3) is 11.0 Å². The average Bonchev–Trinajstić information content (AvgIpc) is 3.06. The number of rotatable bonds is 3. The highest BCUT2D eigenvalue weighted by Gasteiger charge is 2.17. The summed E-state index contributed by atoms with van der Waals surface area (Å²) >= 11 is 2.26. The number of ether oxygens (including phenoxy) is 2. The van der Waals surface area contributed by atoms with Crippen LogP contribution in [0.5, 0.6) is 11.5 Å². The Morgan fingerprint density at radius 3 is 2.61 bits per heavy atom. The first-order chi connectivity index (χ1) is 11.3. The summed E-state index contributed by atoms with van der Waals surface area (Å²) < 4.78 is 17.5. The van der Waals surface area contributed by atoms with Gasteiger partial charge in [-0.3, -0.25) is 0 Å². The zero-order chi connectivity index (χ0) is 15.6. The van der Waals surface area contributed by atoms with Crippen LogP contribution in [0.15, 0.2) is 41.0 Å². The molecule has 23 heavy (non-hydrogen) atoms. The van der Waals surface area contributed by atoms with Crippen LogP contribution in [0.1, 0.15) is 0 Å². The Hall–Kier alpha value is -1.87. The van der Waals surface area contributed by atoms with Gasteiger partial charge in [-0.25, -0.2) is 4.63 Å². The third-order valence-corrected chi connectivity index (χ3v) is 4.45. The molecule has 1 aliphatic rings. The molecule has 0 atom stereocenters. The van der Waals surface area contributed by atoms with Crippen molar-refractivity contribution in [3.05, 3.63) is 40.0 Å². The summed E-state index contributed by atoms with van der Waals surface area (Å²) in [7, 11) is 0. The maximum Gasteiger partial charge on any atom is 0.177 e. The highest BCUT2D eigenvalue weighted by Crippen LogP contribution is 2.33. The lowest BCUT2D eigenvalue weighted by molar-refractivity contribution is 0.122. The van der Waals surface area contributed by atoms with Gasteiger partial charge in [-0.1, -0.05) is 0 Å². The van der Waals surface area contributed by atoms with E-state index >= 15 is 0 Å². The third kappa shape index (κ3) is 3.11. The van der Waals surface area contributed by atoms with Crippen molar-refractivity contribution in [3.8, 4) is 11.5 Å². The molecule has 118 valence electrons. The molecular formula is C16H14IN3O3. The first-order valence-electron chi connectivity index (χ1n) is 7.32. The van der Waals surface area contributed by atoms with Gasteiger partial charge in [0.1, 0.15) is 11.3 Å². The quantitative estimate of drug-likeness (QED) is 0.602. The summed E-state index contributed by atoms with van der Waals surface area (Å²) in [5, 5.41) is 7.93. The van der Waals surface area contributed by atoms with Crippen molar-refractivity contribution in [3.63, 3.8) is 0 Å². The Morgan fingerprint density at radius 2 is 1.83 bits per heavy atom. The minimum atomic E-state index is 0.626. The van der Waals surface area contributed by atoms with E-state index in [0.29, 0.717) is 16.8 Å². The van der Waals surface area contributed by atoms with E-state index in [1.54, 1.807) is 0 Å². The molecule has 6 nitrogen and oxygen atoms in total. The van der Waals surface area contributed by atoms with Crippen LogP contribution >= 0.6 is 22.6 Å². The molecule has 1 fully saturated rings. The van der Waals surface area contributed by atoms with Gasteiger partial charge >= 0.3 is 0 Å². The Kier molecular flexibility index (Phi) is 4.04. The second-order valence-electron chi connectivity index (χ2n) is 5.23. The monoisotopic (exact) mass is 423 g/mol. The molecule has 0 aliphatic carbocycles. The van der Waals surface area contributed by atoms with Crippen LogP contribution in [0.3, 0.4) is 0 Å². The molecule has 1 aromatic heterocycles. The zero-order valence-corrected chi connectivity index (χ0v) is 14.4. The first-order valence-corrected chi connectivity index (χ1v) is 8.40. The van der Waals surface area contributed by atoms with Gasteiger partial charge in [-0.05, 0) is 63.2 Å². The predicted octanol–water partition coefficient (Wildman–Crippen LogP) is 3.46. The fourth-order valence-electron chi connectivity index (χ4n) is 2.56. The van der Waals surface area contributed by atoms with Crippen molar-refractivity contribution in [1.82, 2.24) is 10.3 Å². The van der Waals surface area contributed by atoms with E-state index in [1.807, 2.05) is 36.4 Å². The lowest BCUT2D eigenvalue weighted by Gasteiger charge is -2.29. The van der Waals surface area contributed by atoms with Crippen molar-refractivity contribution in [2.45, 2.75) is 0 Å². The zero-order valence-electron chi connectivity index (χ0n) is 12.2. The molecule has 0 radical (unpaired) electrons. The largest absolute Gasteiger partial charge is 0.455 e. The van der Waals surface area contributed by atoms with Crippen LogP contribution in [-0.2, 0) is 4.74 Å². The van der Waals surface area contributed by atoms with E-state index in [1.165, 1.54) is 0 Å². The number of aromatic nitrogens is 2. The smallest absolute Gasteiger partial charge is 0.177 e. The molecule has 0 bridgehead atoms. The van der Waals surface area contributed by atoms with Crippen LogP contribution in [0.2, 0.25) is 0 Å². The third-order valence-electron chi connectivity index (χ3n) is 3.73. The summed E-state index contributed by atoms with van der Waals surface area (Å²) in [6.07, 6.45) is 0. The molecular weight excluding hydrogens is 409 g/mol. The normalized spacial score (nSPS) is 15.1. The van der Waals surface area contributed by atoms with Gasteiger partial charge < -0.3 is 14.4 Å². The first kappa shape index (κ1) is 14.7. The highest BCUT2D eigenvalue weighted by atomic mass is 127. The molecule has 1 saturated heterocycles. The van der Waals surface area contributed by atoms with Gasteiger partial charge in [0.2, 0.25) is 0 Å². The lowest BCUT2D eigenvalue weighted by Crippen LogP contribution is -2.36. The molecule has 2 heterocycles. The maximum atomic E-state index is 6.01. The summed E-state index contributed by atoms with van der Waals surface area (Å²) in [5.41, 5.74) is 2.35. The number of hydrogen-bond acceptors (Lipinski definition) is 6. The van der Waals surface area contributed by atoms with Gasteiger partial charge in [-0.2, -0.15) is 0 Å². The fourth-order valence-corrected chi connectivity index (χ4v) is 2.92. The molecule has 0 unspecified atom stereocenters. The van der Waals surface area contributed by atoms with E-state index in [-0.39, 0.29) is 0 Å². The van der Waals surface area contributed by atoms with Gasteiger partial charge in [0.25, 0.3) is 0 Å². The number of nitrogens with zero attached hydrogens (tertiary/aromatic N) is 3. The minimum absolute atomic E-state index is 0.626. The van der Waals surface area contributed by atoms with Gasteiger partial charge in [0.05, 0.1) is 13.2 Å². The average molecular weight is 423 g/mol. The molecule has 7 heteroatoms. The Morgan fingerprint density at radius 1 is 1.04 bits per heavy atom. The Labute approximate surface area is 146 Å². The predicted molar refractivity (Wildman–Crippen MR) is 94.1 cm³/mol. The molecule has 0 amide bonds. The standard InChI is InChI=1S/C16H14IN3O3/c17-11-1-3-13(4-2-11)22-15-10-12(20-5-7-21-8-6-20)9-14-16(15)19-23-18-14/h1-4,9-10H,5-8H2. The number of halogens is 1. The number of fused-ring (bicyclic) bond motifs is 1. The van der Waals surface area contributed by atoms with Gasteiger partial charge in [0.15, 0.2) is 11.3 Å². The molecule has 1 aliphatic heterocycles. The van der Waals surface area contributed by atoms with Crippen LogP contribution in [0, 0.1) is 3.57 Å². The SMILES string of the molecule is Ic1ccc(Oc2cc(N3CCOCC3)cc3nonc23)cc1. The van der Waals surface area contributed by atoms with E-state index in [2.05, 4.69) is 37.8 Å². The van der Waals surface area contributed by atoms with Crippen molar-refractivity contribution < 1.29 is 14.1 Å². The van der Waals surface area contributed by atoms with Crippen molar-refractivity contribution in [2.75, 3.05) is 31.2 Å². The van der Waals surface area contributed by atoms with Crippen LogP contribution in [-0.4, -0.2) is 36.6 Å². The summed E-state index contributed by atoms with van der Waals surface area (Å²) in [4.78, 5) is 2.25. The van der Waals surface area contributed by atoms with E-state index in [9.17, 15) is 0 Å². The Bertz CT molecular complexity index is 813. The molecule has 4 rings (SSSR count). The van der Waals surface area contributed by atoms with Crippen molar-refractivity contribution >= 4 is 39.3 Å². The number of anilines is 1. The second kappa shape index (κ2) is 6.32. The van der Waals surface area contributed by atoms with Gasteiger partial charge in [0, 0.05) is 28.4 Å². The van der Waals surface area contributed by atoms with Crippen molar-refractivity contribution in [2.24, 2.45) is 0 Å². The topological polar surface area (TPSA) is 60.6 Å². The number of morpholine rings is 1. The highest BCUT2D eigenvalue weighted by molar-refractivity contribution is 14.1. The molecule has 0 saturated carbocycles. The van der Waals surface area contributed by atoms with E-state index in [0.717, 1.165) is 41.3 Å². The molecule has 2 aromatic carbocycles. The van der Waals surface area contributed by atoms with Crippen LogP contribution < -0.4 is 9.64 Å². The summed E-state index contributed by atoms with van der Waals surface area (Å²) in [5.74, 6) is 1.40. The number of benzene rings is 2. The van der Waals surface area contributed by atoms with E-state index in [4.69, 9.17) is 14.1 Å². The van der Waals surface area contributed by atoms with E-state index < -0.39 is 0 Å². The molecule has 0 N–H and O–H groups in total. The Balaban J connectivity index is 1.71.